The molecule has 146 valence electrons. The first-order valence-electron chi connectivity index (χ1n) is 9.60. The Labute approximate surface area is 145 Å². The molecule has 7 unspecified atom stereocenters. The van der Waals surface area contributed by atoms with Crippen LogP contribution in [-0.2, 0) is 0 Å². The van der Waals surface area contributed by atoms with Crippen molar-refractivity contribution in [3.05, 3.63) is 0 Å². The van der Waals surface area contributed by atoms with Crippen LogP contribution >= 0.6 is 0 Å². The molecule has 6 heteroatoms. The van der Waals surface area contributed by atoms with Gasteiger partial charge in [-0.25, -0.2) is 0 Å². The molecule has 0 aromatic rings. The van der Waals surface area contributed by atoms with Gasteiger partial charge in [0, 0.05) is 0 Å². The van der Waals surface area contributed by atoms with E-state index in [-0.39, 0.29) is 5.92 Å². The Hall–Kier alpha value is -0.420. The molecule has 0 spiro atoms. The highest BCUT2D eigenvalue weighted by atomic mass is 19.4. The van der Waals surface area contributed by atoms with Crippen LogP contribution in [0.3, 0.4) is 0 Å². The van der Waals surface area contributed by atoms with Gasteiger partial charge in [0.2, 0.25) is 0 Å². The molecule has 0 aromatic heterocycles. The second kappa shape index (κ2) is 6.05. The summed E-state index contributed by atoms with van der Waals surface area (Å²) in [7, 11) is 0. The summed E-state index contributed by atoms with van der Waals surface area (Å²) in [5.41, 5.74) is -3.54. The lowest BCUT2D eigenvalue weighted by Gasteiger charge is -2.42. The first-order valence-corrected chi connectivity index (χ1v) is 9.60. The maximum Gasteiger partial charge on any atom is 0.403 e. The van der Waals surface area contributed by atoms with Crippen molar-refractivity contribution in [3.63, 3.8) is 0 Å². The average Bonchev–Trinajstić information content (AvgIpc) is 3.13. The summed E-state index contributed by atoms with van der Waals surface area (Å²) < 4.78 is 81.1. The highest BCUT2D eigenvalue weighted by Gasteiger charge is 2.71. The van der Waals surface area contributed by atoms with Gasteiger partial charge in [-0.3, -0.25) is 0 Å². The summed E-state index contributed by atoms with van der Waals surface area (Å²) in [6.45, 7) is 5.33. The lowest BCUT2D eigenvalue weighted by molar-refractivity contribution is -0.348. The number of hydrogen-bond donors (Lipinski definition) is 0. The van der Waals surface area contributed by atoms with Gasteiger partial charge < -0.3 is 0 Å². The topological polar surface area (TPSA) is 0 Å². The van der Waals surface area contributed by atoms with Crippen molar-refractivity contribution in [2.75, 3.05) is 0 Å². The van der Waals surface area contributed by atoms with E-state index in [0.717, 1.165) is 26.2 Å². The van der Waals surface area contributed by atoms with Crippen molar-refractivity contribution < 1.29 is 26.3 Å². The van der Waals surface area contributed by atoms with Crippen LogP contribution in [0.2, 0.25) is 0 Å². The van der Waals surface area contributed by atoms with Gasteiger partial charge in [-0.15, -0.1) is 0 Å². The van der Waals surface area contributed by atoms with Crippen LogP contribution < -0.4 is 0 Å². The second-order valence-corrected chi connectivity index (χ2v) is 8.83. The molecule has 25 heavy (non-hydrogen) atoms. The van der Waals surface area contributed by atoms with Gasteiger partial charge in [-0.05, 0) is 73.5 Å². The summed E-state index contributed by atoms with van der Waals surface area (Å²) in [5.74, 6) is 1.87. The van der Waals surface area contributed by atoms with Gasteiger partial charge in [-0.1, -0.05) is 27.2 Å². The number of alkyl halides is 6. The van der Waals surface area contributed by atoms with Crippen LogP contribution in [0.4, 0.5) is 26.3 Å². The van der Waals surface area contributed by atoms with Crippen LogP contribution in [0.5, 0.6) is 0 Å². The van der Waals surface area contributed by atoms with Crippen molar-refractivity contribution in [1.82, 2.24) is 0 Å². The molecule has 0 radical (unpaired) electrons. The third-order valence-corrected chi connectivity index (χ3v) is 7.97. The van der Waals surface area contributed by atoms with Gasteiger partial charge in [0.15, 0.2) is 5.41 Å². The first-order chi connectivity index (χ1) is 11.5. The Morgan fingerprint density at radius 3 is 1.88 bits per heavy atom. The fourth-order valence-electron chi connectivity index (χ4n) is 6.94. The van der Waals surface area contributed by atoms with Gasteiger partial charge >= 0.3 is 12.4 Å². The second-order valence-electron chi connectivity index (χ2n) is 8.83. The van der Waals surface area contributed by atoms with Gasteiger partial charge in [0.1, 0.15) is 0 Å². The van der Waals surface area contributed by atoms with Crippen LogP contribution in [-0.4, -0.2) is 12.4 Å². The maximum atomic E-state index is 13.5. The van der Waals surface area contributed by atoms with Crippen molar-refractivity contribution in [2.24, 2.45) is 46.8 Å². The standard InChI is InChI=1S/C19H28F6/c1-4-11-6-10(3)15-14-8-12(16(11)15)7-13(14)9-17(5-2,18(20,21)22)19(23,24)25/h10-16H,4-9H2,1-3H3. The zero-order valence-electron chi connectivity index (χ0n) is 15.1. The molecule has 0 nitrogen and oxygen atoms in total. The number of fused-ring (bicyclic) bond motifs is 5. The van der Waals surface area contributed by atoms with E-state index in [0.29, 0.717) is 36.0 Å². The van der Waals surface area contributed by atoms with E-state index in [4.69, 9.17) is 0 Å². The van der Waals surface area contributed by atoms with E-state index in [1.807, 2.05) is 0 Å². The predicted molar refractivity (Wildman–Crippen MR) is 83.7 cm³/mol. The summed E-state index contributed by atoms with van der Waals surface area (Å²) in [5, 5.41) is 0. The zero-order valence-corrected chi connectivity index (χ0v) is 15.1. The summed E-state index contributed by atoms with van der Waals surface area (Å²) in [6, 6.07) is 0. The molecule has 0 heterocycles. The summed E-state index contributed by atoms with van der Waals surface area (Å²) in [4.78, 5) is 0. The van der Waals surface area contributed by atoms with Crippen molar-refractivity contribution >= 4 is 0 Å². The molecule has 3 rings (SSSR count). The maximum absolute atomic E-state index is 13.5. The SMILES string of the molecule is CCC1CC(C)C2C3CC(CC3CC(CC)(C(F)(F)F)C(F)(F)F)C12. The quantitative estimate of drug-likeness (QED) is 0.475. The summed E-state index contributed by atoms with van der Waals surface area (Å²) >= 11 is 0. The highest BCUT2D eigenvalue weighted by molar-refractivity contribution is 5.09. The molecular weight excluding hydrogens is 342 g/mol. The van der Waals surface area contributed by atoms with E-state index in [1.165, 1.54) is 0 Å². The van der Waals surface area contributed by atoms with E-state index in [2.05, 4.69) is 13.8 Å². The lowest BCUT2D eigenvalue weighted by Crippen LogP contribution is -2.51. The Balaban J connectivity index is 1.85. The molecule has 0 aromatic carbocycles. The molecule has 3 aliphatic rings. The Morgan fingerprint density at radius 2 is 1.40 bits per heavy atom. The minimum Gasteiger partial charge on any atom is -0.170 e. The molecule has 3 fully saturated rings. The Morgan fingerprint density at radius 1 is 0.800 bits per heavy atom. The third kappa shape index (κ3) is 2.72. The molecule has 0 amide bonds. The van der Waals surface area contributed by atoms with E-state index >= 15 is 0 Å². The van der Waals surface area contributed by atoms with Crippen LogP contribution in [0, 0.1) is 46.8 Å². The van der Waals surface area contributed by atoms with Crippen molar-refractivity contribution in [3.8, 4) is 0 Å². The monoisotopic (exact) mass is 370 g/mol. The van der Waals surface area contributed by atoms with Gasteiger partial charge in [-0.2, -0.15) is 26.3 Å². The highest BCUT2D eigenvalue weighted by Crippen LogP contribution is 2.68. The minimum atomic E-state index is -5.24. The predicted octanol–water partition coefficient (Wildman–Crippen LogP) is 6.85. The van der Waals surface area contributed by atoms with Crippen molar-refractivity contribution in [1.29, 1.82) is 0 Å². The molecular formula is C19H28F6. The normalized spacial score (nSPS) is 41.4. The first kappa shape index (κ1) is 19.3. The zero-order chi connectivity index (χ0) is 18.8. The number of halogens is 6. The van der Waals surface area contributed by atoms with Gasteiger partial charge in [0.05, 0.1) is 0 Å². The molecule has 0 aliphatic heterocycles. The van der Waals surface area contributed by atoms with E-state index < -0.39 is 36.5 Å². The van der Waals surface area contributed by atoms with Crippen LogP contribution in [0.25, 0.3) is 0 Å². The van der Waals surface area contributed by atoms with E-state index in [1.54, 1.807) is 0 Å². The Kier molecular flexibility index (Phi) is 4.68. The molecule has 3 aliphatic carbocycles. The third-order valence-electron chi connectivity index (χ3n) is 7.97. The van der Waals surface area contributed by atoms with Gasteiger partial charge in [0.25, 0.3) is 0 Å². The smallest absolute Gasteiger partial charge is 0.170 e. The number of rotatable bonds is 4. The average molecular weight is 370 g/mol. The van der Waals surface area contributed by atoms with Crippen LogP contribution in [0.1, 0.15) is 59.3 Å². The number of hydrogen-bond acceptors (Lipinski definition) is 0. The lowest BCUT2D eigenvalue weighted by atomic mass is 9.65. The summed E-state index contributed by atoms with van der Waals surface area (Å²) in [6.07, 6.45) is -8.62. The fraction of sp³-hybridized carbons (Fsp3) is 1.00. The molecule has 3 saturated carbocycles. The minimum absolute atomic E-state index is 0.0529. The van der Waals surface area contributed by atoms with Crippen molar-refractivity contribution in [2.45, 2.75) is 71.6 Å². The molecule has 7 atom stereocenters. The van der Waals surface area contributed by atoms with Crippen LogP contribution in [0.15, 0.2) is 0 Å². The van der Waals surface area contributed by atoms with E-state index in [9.17, 15) is 26.3 Å². The Bertz CT molecular complexity index is 479. The largest absolute Gasteiger partial charge is 0.403 e. The molecule has 0 saturated heterocycles. The fourth-order valence-corrected chi connectivity index (χ4v) is 6.94. The molecule has 0 N–H and O–H groups in total. The molecule has 2 bridgehead atoms.